The highest BCUT2D eigenvalue weighted by Gasteiger charge is 2.51. The molecule has 2 aromatic rings. The number of sulfonamides is 1. The van der Waals surface area contributed by atoms with Crippen molar-refractivity contribution in [3.63, 3.8) is 0 Å². The first-order chi connectivity index (χ1) is 15.5. The van der Waals surface area contributed by atoms with Crippen LogP contribution in [-0.4, -0.2) is 53.1 Å². The molecule has 0 spiro atoms. The molecule has 182 valence electrons. The Morgan fingerprint density at radius 1 is 1.21 bits per heavy atom. The van der Waals surface area contributed by atoms with Crippen LogP contribution in [0.15, 0.2) is 30.7 Å². The van der Waals surface area contributed by atoms with E-state index in [1.165, 1.54) is 0 Å². The molecule has 4 rings (SSSR count). The number of hydrogen-bond donors (Lipinski definition) is 0. The van der Waals surface area contributed by atoms with Gasteiger partial charge in [0, 0.05) is 32.0 Å². The van der Waals surface area contributed by atoms with E-state index in [-0.39, 0.29) is 25.8 Å². The van der Waals surface area contributed by atoms with Gasteiger partial charge in [-0.05, 0) is 31.4 Å². The van der Waals surface area contributed by atoms with E-state index in [2.05, 4.69) is 4.98 Å². The van der Waals surface area contributed by atoms with Gasteiger partial charge in [0.1, 0.15) is 0 Å². The summed E-state index contributed by atoms with van der Waals surface area (Å²) in [5.74, 6) is 0. The zero-order valence-corrected chi connectivity index (χ0v) is 19.6. The zero-order chi connectivity index (χ0) is 23.8. The summed E-state index contributed by atoms with van der Waals surface area (Å²) in [6.45, 7) is 1.62. The number of alkyl halides is 3. The van der Waals surface area contributed by atoms with E-state index in [9.17, 15) is 21.6 Å². The first kappa shape index (κ1) is 24.0. The standard InChI is InChI=1S/C22H29F3N4O3S/c1-16-7-8-21-17(9-16)10-28(33(30,31)22(23,24)25)13-19(14-32-20-5-3-4-6-20)29(21)12-18-11-27(2)15-26-18/h7-9,11,15,19-20H,3-6,10,12-14H2,1-2H3/t19-/m0/s1. The van der Waals surface area contributed by atoms with E-state index >= 15 is 0 Å². The van der Waals surface area contributed by atoms with Gasteiger partial charge >= 0.3 is 15.5 Å². The van der Waals surface area contributed by atoms with E-state index in [0.29, 0.717) is 22.1 Å². The average molecular weight is 487 g/mol. The summed E-state index contributed by atoms with van der Waals surface area (Å²) in [5.41, 5.74) is -2.56. The second-order valence-electron chi connectivity index (χ2n) is 8.93. The SMILES string of the molecule is Cc1ccc2c(c1)CN(S(=O)(=O)C(F)(F)F)C[C@@H](COC1CCCC1)N2Cc1cn(C)cn1. The molecule has 1 aromatic heterocycles. The number of halogens is 3. The van der Waals surface area contributed by atoms with Crippen molar-refractivity contribution in [3.8, 4) is 0 Å². The van der Waals surface area contributed by atoms with Gasteiger partial charge in [-0.1, -0.05) is 30.5 Å². The van der Waals surface area contributed by atoms with Crippen LogP contribution in [0.3, 0.4) is 0 Å². The average Bonchev–Trinajstić information content (AvgIpc) is 3.36. The fraction of sp³-hybridized carbons (Fsp3) is 0.591. The van der Waals surface area contributed by atoms with Crippen LogP contribution in [0.25, 0.3) is 0 Å². The van der Waals surface area contributed by atoms with Gasteiger partial charge in [-0.15, -0.1) is 0 Å². The molecule has 1 aliphatic carbocycles. The van der Waals surface area contributed by atoms with Crippen LogP contribution >= 0.6 is 0 Å². The van der Waals surface area contributed by atoms with Crippen LogP contribution in [0, 0.1) is 6.92 Å². The van der Waals surface area contributed by atoms with E-state index in [1.807, 2.05) is 37.2 Å². The van der Waals surface area contributed by atoms with Gasteiger partial charge in [0.05, 0.1) is 37.3 Å². The largest absolute Gasteiger partial charge is 0.511 e. The predicted octanol–water partition coefficient (Wildman–Crippen LogP) is 3.73. The lowest BCUT2D eigenvalue weighted by Gasteiger charge is -2.34. The highest BCUT2D eigenvalue weighted by atomic mass is 32.2. The van der Waals surface area contributed by atoms with Gasteiger partial charge in [0.25, 0.3) is 0 Å². The smallest absolute Gasteiger partial charge is 0.376 e. The van der Waals surface area contributed by atoms with Gasteiger partial charge in [-0.3, -0.25) is 0 Å². The second kappa shape index (κ2) is 9.27. The highest BCUT2D eigenvalue weighted by Crippen LogP contribution is 2.35. The summed E-state index contributed by atoms with van der Waals surface area (Å²) in [6, 6.07) is 4.88. The van der Waals surface area contributed by atoms with Crippen LogP contribution in [0.4, 0.5) is 18.9 Å². The molecule has 0 unspecified atom stereocenters. The van der Waals surface area contributed by atoms with Crippen molar-refractivity contribution in [2.45, 2.75) is 63.4 Å². The molecule has 1 aliphatic heterocycles. The molecule has 0 bridgehead atoms. The van der Waals surface area contributed by atoms with Crippen LogP contribution in [0.2, 0.25) is 0 Å². The van der Waals surface area contributed by atoms with Crippen LogP contribution in [-0.2, 0) is 34.9 Å². The number of nitrogens with zero attached hydrogens (tertiary/aromatic N) is 4. The number of hydrogen-bond acceptors (Lipinski definition) is 5. The molecule has 0 N–H and O–H groups in total. The monoisotopic (exact) mass is 486 g/mol. The van der Waals surface area contributed by atoms with Gasteiger partial charge in [0.2, 0.25) is 0 Å². The summed E-state index contributed by atoms with van der Waals surface area (Å²) in [6.07, 6.45) is 7.49. The molecule has 33 heavy (non-hydrogen) atoms. The third-order valence-electron chi connectivity index (χ3n) is 6.30. The summed E-state index contributed by atoms with van der Waals surface area (Å²) in [4.78, 5) is 6.32. The topological polar surface area (TPSA) is 67.7 Å². The molecule has 11 heteroatoms. The third kappa shape index (κ3) is 5.20. The van der Waals surface area contributed by atoms with Crippen LogP contribution < -0.4 is 4.90 Å². The number of fused-ring (bicyclic) bond motifs is 1. The molecule has 2 aliphatic rings. The Morgan fingerprint density at radius 2 is 1.94 bits per heavy atom. The fourth-order valence-electron chi connectivity index (χ4n) is 4.62. The Balaban J connectivity index is 1.74. The van der Waals surface area contributed by atoms with Crippen LogP contribution in [0.5, 0.6) is 0 Å². The van der Waals surface area contributed by atoms with Crippen molar-refractivity contribution in [3.05, 3.63) is 47.5 Å². The molecule has 0 radical (unpaired) electrons. The summed E-state index contributed by atoms with van der Waals surface area (Å²) in [5, 5.41) is 0. The minimum atomic E-state index is -5.51. The number of imidazole rings is 1. The number of ether oxygens (including phenoxy) is 1. The molecular weight excluding hydrogens is 457 g/mol. The Hall–Kier alpha value is -2.11. The molecule has 7 nitrogen and oxygen atoms in total. The Labute approximate surface area is 192 Å². The Morgan fingerprint density at radius 3 is 2.58 bits per heavy atom. The summed E-state index contributed by atoms with van der Waals surface area (Å²) >= 11 is 0. The number of aromatic nitrogens is 2. The fourth-order valence-corrected chi connectivity index (χ4v) is 5.59. The van der Waals surface area contributed by atoms with Gasteiger partial charge in [-0.2, -0.15) is 17.5 Å². The summed E-state index contributed by atoms with van der Waals surface area (Å²) < 4.78 is 73.9. The first-order valence-corrected chi connectivity index (χ1v) is 12.5. The quantitative estimate of drug-likeness (QED) is 0.623. The van der Waals surface area contributed by atoms with Crippen molar-refractivity contribution in [2.24, 2.45) is 7.05 Å². The Kier molecular flexibility index (Phi) is 6.75. The number of anilines is 1. The van der Waals surface area contributed by atoms with Crippen molar-refractivity contribution in [2.75, 3.05) is 18.1 Å². The van der Waals surface area contributed by atoms with E-state index < -0.39 is 21.6 Å². The molecule has 1 atom stereocenters. The van der Waals surface area contributed by atoms with E-state index in [4.69, 9.17) is 4.74 Å². The lowest BCUT2D eigenvalue weighted by Crippen LogP contribution is -2.49. The van der Waals surface area contributed by atoms with Crippen molar-refractivity contribution < 1.29 is 26.3 Å². The molecule has 0 saturated heterocycles. The maximum atomic E-state index is 13.5. The first-order valence-electron chi connectivity index (χ1n) is 11.1. The molecule has 1 fully saturated rings. The molecule has 1 saturated carbocycles. The van der Waals surface area contributed by atoms with Gasteiger partial charge in [-0.25, -0.2) is 13.4 Å². The molecular formula is C22H29F3N4O3S. The summed E-state index contributed by atoms with van der Waals surface area (Å²) in [7, 11) is -3.67. The predicted molar refractivity (Wildman–Crippen MR) is 118 cm³/mol. The Bertz CT molecular complexity index is 1080. The minimum absolute atomic E-state index is 0.0510. The van der Waals surface area contributed by atoms with Crippen molar-refractivity contribution in [1.82, 2.24) is 13.9 Å². The van der Waals surface area contributed by atoms with Crippen molar-refractivity contribution in [1.29, 1.82) is 0 Å². The molecule has 2 heterocycles. The lowest BCUT2D eigenvalue weighted by atomic mass is 10.1. The lowest BCUT2D eigenvalue weighted by molar-refractivity contribution is -0.0495. The maximum Gasteiger partial charge on any atom is 0.511 e. The highest BCUT2D eigenvalue weighted by molar-refractivity contribution is 7.89. The second-order valence-corrected chi connectivity index (χ2v) is 10.9. The zero-order valence-electron chi connectivity index (χ0n) is 18.8. The van der Waals surface area contributed by atoms with Crippen molar-refractivity contribution >= 4 is 15.7 Å². The molecule has 1 aromatic carbocycles. The van der Waals surface area contributed by atoms with Gasteiger partial charge < -0.3 is 14.2 Å². The van der Waals surface area contributed by atoms with E-state index in [1.54, 1.807) is 17.0 Å². The van der Waals surface area contributed by atoms with Crippen LogP contribution in [0.1, 0.15) is 42.5 Å². The van der Waals surface area contributed by atoms with Gasteiger partial charge in [0.15, 0.2) is 0 Å². The molecule has 0 amide bonds. The number of benzene rings is 1. The maximum absolute atomic E-state index is 13.5. The number of aryl methyl sites for hydroxylation is 2. The van der Waals surface area contributed by atoms with E-state index in [0.717, 1.165) is 36.9 Å². The minimum Gasteiger partial charge on any atom is -0.376 e. The number of rotatable bonds is 6. The normalized spacial score (nSPS) is 20.8. The third-order valence-corrected chi connectivity index (χ3v) is 7.84.